The highest BCUT2D eigenvalue weighted by atomic mass is 32.1. The third-order valence-electron chi connectivity index (χ3n) is 4.41. The van der Waals surface area contributed by atoms with Crippen LogP contribution in [-0.4, -0.2) is 28.9 Å². The van der Waals surface area contributed by atoms with Crippen LogP contribution in [0.1, 0.15) is 41.0 Å². The van der Waals surface area contributed by atoms with E-state index in [1.807, 2.05) is 17.0 Å². The van der Waals surface area contributed by atoms with E-state index in [9.17, 15) is 4.79 Å². The number of thiophene rings is 1. The molecule has 1 saturated carbocycles. The van der Waals surface area contributed by atoms with Gasteiger partial charge in [0.1, 0.15) is 23.9 Å². The van der Waals surface area contributed by atoms with Crippen LogP contribution in [0.5, 0.6) is 11.5 Å². The van der Waals surface area contributed by atoms with Gasteiger partial charge in [-0.2, -0.15) is 5.10 Å². The number of nitrogens with zero attached hydrogens (tertiary/aromatic N) is 2. The molecule has 1 amide bonds. The number of rotatable bonds is 4. The van der Waals surface area contributed by atoms with E-state index in [1.54, 1.807) is 6.20 Å². The molecule has 1 aliphatic carbocycles. The lowest BCUT2D eigenvalue weighted by Crippen LogP contribution is -2.20. The minimum absolute atomic E-state index is 0.172. The Balaban J connectivity index is 1.59. The predicted octanol–water partition coefficient (Wildman–Crippen LogP) is 3.25. The third kappa shape index (κ3) is 2.59. The number of carbonyl (C=O) groups is 1. The molecule has 0 radical (unpaired) electrons. The van der Waals surface area contributed by atoms with Gasteiger partial charge in [-0.3, -0.25) is 4.79 Å². The van der Waals surface area contributed by atoms with Crippen LogP contribution in [0.2, 0.25) is 0 Å². The maximum Gasteiger partial charge on any atom is 0.270 e. The Morgan fingerprint density at radius 2 is 2.22 bits per heavy atom. The summed E-state index contributed by atoms with van der Waals surface area (Å²) in [5.74, 6) is 2.47. The van der Waals surface area contributed by atoms with Crippen molar-refractivity contribution in [1.29, 1.82) is 0 Å². The number of anilines is 1. The molecule has 1 N–H and O–H groups in total. The van der Waals surface area contributed by atoms with Gasteiger partial charge in [0.2, 0.25) is 0 Å². The van der Waals surface area contributed by atoms with Crippen molar-refractivity contribution < 1.29 is 14.3 Å². The summed E-state index contributed by atoms with van der Waals surface area (Å²) >= 11 is 1.34. The van der Waals surface area contributed by atoms with E-state index < -0.39 is 0 Å². The molecular weight excluding hydrogens is 314 g/mol. The number of hydrogen-bond donors (Lipinski definition) is 1. The molecule has 1 aliphatic heterocycles. The molecule has 1 fully saturated rings. The lowest BCUT2D eigenvalue weighted by molar-refractivity contribution is 0.102. The fourth-order valence-corrected chi connectivity index (χ4v) is 3.70. The highest BCUT2D eigenvalue weighted by Gasteiger charge is 2.32. The maximum atomic E-state index is 12.7. The second-order valence-electron chi connectivity index (χ2n) is 6.11. The average molecular weight is 333 g/mol. The van der Waals surface area contributed by atoms with E-state index in [4.69, 9.17) is 9.47 Å². The molecule has 0 spiro atoms. The Morgan fingerprint density at radius 3 is 3.00 bits per heavy atom. The smallest absolute Gasteiger partial charge is 0.270 e. The van der Waals surface area contributed by atoms with Crippen molar-refractivity contribution in [2.24, 2.45) is 5.92 Å². The quantitative estimate of drug-likeness (QED) is 0.933. The molecule has 0 saturated heterocycles. The third-order valence-corrected chi connectivity index (χ3v) is 5.35. The lowest BCUT2D eigenvalue weighted by atomic mass is 10.2. The van der Waals surface area contributed by atoms with Crippen LogP contribution in [0.3, 0.4) is 0 Å². The molecule has 0 aromatic carbocycles. The van der Waals surface area contributed by atoms with Gasteiger partial charge in [0.15, 0.2) is 11.5 Å². The maximum absolute atomic E-state index is 12.7. The zero-order chi connectivity index (χ0) is 16.0. The highest BCUT2D eigenvalue weighted by Crippen LogP contribution is 2.42. The van der Waals surface area contributed by atoms with Crippen LogP contribution in [0.25, 0.3) is 0 Å². The summed E-state index contributed by atoms with van der Waals surface area (Å²) in [5, 5.41) is 9.28. The van der Waals surface area contributed by atoms with Crippen molar-refractivity contribution in [1.82, 2.24) is 9.78 Å². The van der Waals surface area contributed by atoms with Gasteiger partial charge in [-0.25, -0.2) is 4.68 Å². The molecule has 2 aromatic rings. The standard InChI is InChI=1S/C16H19N3O3S/c1-9-7-17-19(10(2)11-3-4-11)15(9)18-16(20)14-13-12(8-23-14)21-5-6-22-13/h7-8,10-11H,3-6H2,1-2H3,(H,18,20)/t10-/m0/s1. The van der Waals surface area contributed by atoms with Crippen molar-refractivity contribution in [3.63, 3.8) is 0 Å². The molecule has 7 heteroatoms. The fraction of sp³-hybridized carbons (Fsp3) is 0.500. The number of amides is 1. The molecule has 3 heterocycles. The van der Waals surface area contributed by atoms with Gasteiger partial charge in [0.05, 0.1) is 12.2 Å². The Bertz CT molecular complexity index is 748. The summed E-state index contributed by atoms with van der Waals surface area (Å²) in [5.41, 5.74) is 0.966. The van der Waals surface area contributed by atoms with Crippen molar-refractivity contribution in [2.75, 3.05) is 18.5 Å². The van der Waals surface area contributed by atoms with Gasteiger partial charge < -0.3 is 14.8 Å². The van der Waals surface area contributed by atoms with Gasteiger partial charge in [-0.15, -0.1) is 11.3 Å². The van der Waals surface area contributed by atoms with Crippen LogP contribution in [0.15, 0.2) is 11.6 Å². The summed E-state index contributed by atoms with van der Waals surface area (Å²) in [6.45, 7) is 5.11. The Hall–Kier alpha value is -2.02. The first-order valence-corrected chi connectivity index (χ1v) is 8.75. The molecule has 23 heavy (non-hydrogen) atoms. The van der Waals surface area contributed by atoms with Crippen LogP contribution >= 0.6 is 11.3 Å². The van der Waals surface area contributed by atoms with Crippen LogP contribution < -0.4 is 14.8 Å². The number of aryl methyl sites for hydroxylation is 1. The number of aromatic nitrogens is 2. The normalized spacial score (nSPS) is 17.8. The number of hydrogen-bond acceptors (Lipinski definition) is 5. The first-order chi connectivity index (χ1) is 11.1. The van der Waals surface area contributed by atoms with E-state index in [-0.39, 0.29) is 5.91 Å². The molecule has 122 valence electrons. The van der Waals surface area contributed by atoms with Gasteiger partial charge in [-0.1, -0.05) is 0 Å². The molecule has 4 rings (SSSR count). The minimum atomic E-state index is -0.172. The number of ether oxygens (including phenoxy) is 2. The SMILES string of the molecule is Cc1cnn([C@@H](C)C2CC2)c1NC(=O)c1scc2c1OCCO2. The lowest BCUT2D eigenvalue weighted by Gasteiger charge is -2.17. The summed E-state index contributed by atoms with van der Waals surface area (Å²) in [6, 6.07) is 0.302. The largest absolute Gasteiger partial charge is 0.485 e. The molecule has 0 unspecified atom stereocenters. The predicted molar refractivity (Wildman–Crippen MR) is 87.7 cm³/mol. The zero-order valence-electron chi connectivity index (χ0n) is 13.2. The summed E-state index contributed by atoms with van der Waals surface area (Å²) in [6.07, 6.45) is 4.27. The van der Waals surface area contributed by atoms with E-state index in [0.29, 0.717) is 41.5 Å². The summed E-state index contributed by atoms with van der Waals surface area (Å²) < 4.78 is 13.0. The number of nitrogens with one attached hydrogen (secondary N) is 1. The fourth-order valence-electron chi connectivity index (χ4n) is 2.88. The average Bonchev–Trinajstić information content (AvgIpc) is 3.22. The molecule has 2 aliphatic rings. The number of carbonyl (C=O) groups excluding carboxylic acids is 1. The van der Waals surface area contributed by atoms with E-state index in [0.717, 1.165) is 11.4 Å². The van der Waals surface area contributed by atoms with Crippen molar-refractivity contribution in [3.8, 4) is 11.5 Å². The van der Waals surface area contributed by atoms with Gasteiger partial charge >= 0.3 is 0 Å². The topological polar surface area (TPSA) is 65.4 Å². The Morgan fingerprint density at radius 1 is 1.43 bits per heavy atom. The molecular formula is C16H19N3O3S. The van der Waals surface area contributed by atoms with Crippen LogP contribution in [0, 0.1) is 12.8 Å². The van der Waals surface area contributed by atoms with Gasteiger partial charge in [0.25, 0.3) is 5.91 Å². The van der Waals surface area contributed by atoms with E-state index in [1.165, 1.54) is 24.2 Å². The molecule has 6 nitrogen and oxygen atoms in total. The van der Waals surface area contributed by atoms with Crippen LogP contribution in [0.4, 0.5) is 5.82 Å². The van der Waals surface area contributed by atoms with E-state index >= 15 is 0 Å². The van der Waals surface area contributed by atoms with Crippen molar-refractivity contribution >= 4 is 23.1 Å². The highest BCUT2D eigenvalue weighted by molar-refractivity contribution is 7.13. The summed E-state index contributed by atoms with van der Waals surface area (Å²) in [4.78, 5) is 13.2. The number of fused-ring (bicyclic) bond motifs is 1. The first-order valence-electron chi connectivity index (χ1n) is 7.87. The summed E-state index contributed by atoms with van der Waals surface area (Å²) in [7, 11) is 0. The van der Waals surface area contributed by atoms with Gasteiger partial charge in [0, 0.05) is 10.9 Å². The minimum Gasteiger partial charge on any atom is -0.485 e. The zero-order valence-corrected chi connectivity index (χ0v) is 14.0. The molecule has 0 bridgehead atoms. The Kier molecular flexibility index (Phi) is 3.52. The molecule has 1 atom stereocenters. The first kappa shape index (κ1) is 14.6. The Labute approximate surface area is 138 Å². The molecule has 2 aromatic heterocycles. The second kappa shape index (κ2) is 5.56. The van der Waals surface area contributed by atoms with Gasteiger partial charge in [-0.05, 0) is 32.6 Å². The van der Waals surface area contributed by atoms with E-state index in [2.05, 4.69) is 17.3 Å². The van der Waals surface area contributed by atoms with Crippen molar-refractivity contribution in [2.45, 2.75) is 32.7 Å². The second-order valence-corrected chi connectivity index (χ2v) is 6.99. The van der Waals surface area contributed by atoms with Crippen LogP contribution in [-0.2, 0) is 0 Å². The monoisotopic (exact) mass is 333 g/mol. The van der Waals surface area contributed by atoms with Crippen molar-refractivity contribution in [3.05, 3.63) is 22.0 Å².